The van der Waals surface area contributed by atoms with Crippen LogP contribution in [0.4, 0.5) is 0 Å². The highest BCUT2D eigenvalue weighted by atomic mass is 16.4. The number of aliphatic hydroxyl groups is 1. The molecule has 0 aliphatic rings. The van der Waals surface area contributed by atoms with E-state index >= 15 is 0 Å². The normalized spacial score (nSPS) is 12.0. The Hall–Kier alpha value is -0.840. The van der Waals surface area contributed by atoms with Crippen molar-refractivity contribution >= 4 is 0 Å². The van der Waals surface area contributed by atoms with E-state index in [1.165, 1.54) is 0 Å². The molecule has 0 aromatic carbocycles. The van der Waals surface area contributed by atoms with Gasteiger partial charge in [0.2, 0.25) is 0 Å². The van der Waals surface area contributed by atoms with Crippen LogP contribution in [0.15, 0.2) is 16.5 Å². The zero-order valence-corrected chi connectivity index (χ0v) is 11.9. The van der Waals surface area contributed by atoms with E-state index in [9.17, 15) is 0 Å². The zero-order chi connectivity index (χ0) is 13.5. The molecule has 1 heterocycles. The average molecular weight is 254 g/mol. The standard InChI is InChI=1S/C14H26N2O2/c1-11(2)16(12(3)4)8-7-15-9-13-5-6-14(10-17)18-13/h5-6,11-12,15,17H,7-10H2,1-4H3. The molecule has 18 heavy (non-hydrogen) atoms. The smallest absolute Gasteiger partial charge is 0.129 e. The van der Waals surface area contributed by atoms with E-state index in [0.29, 0.717) is 24.4 Å². The maximum absolute atomic E-state index is 8.90. The summed E-state index contributed by atoms with van der Waals surface area (Å²) in [4.78, 5) is 2.45. The monoisotopic (exact) mass is 254 g/mol. The van der Waals surface area contributed by atoms with Gasteiger partial charge < -0.3 is 14.8 Å². The largest absolute Gasteiger partial charge is 0.462 e. The molecule has 0 saturated carbocycles. The predicted octanol–water partition coefficient (Wildman–Crippen LogP) is 1.98. The van der Waals surface area contributed by atoms with Crippen molar-refractivity contribution in [2.45, 2.75) is 52.9 Å². The van der Waals surface area contributed by atoms with Crippen LogP contribution in [0.3, 0.4) is 0 Å². The minimum absolute atomic E-state index is 0.0333. The first-order valence-corrected chi connectivity index (χ1v) is 6.69. The second kappa shape index (κ2) is 7.56. The third kappa shape index (κ3) is 4.80. The summed E-state index contributed by atoms with van der Waals surface area (Å²) >= 11 is 0. The first kappa shape index (κ1) is 15.2. The van der Waals surface area contributed by atoms with Crippen LogP contribution in [0.1, 0.15) is 39.2 Å². The van der Waals surface area contributed by atoms with Crippen molar-refractivity contribution in [2.24, 2.45) is 0 Å². The van der Waals surface area contributed by atoms with E-state index in [-0.39, 0.29) is 6.61 Å². The summed E-state index contributed by atoms with van der Waals surface area (Å²) in [6.45, 7) is 11.5. The molecule has 0 amide bonds. The molecule has 0 atom stereocenters. The van der Waals surface area contributed by atoms with Crippen molar-refractivity contribution in [3.8, 4) is 0 Å². The fourth-order valence-corrected chi connectivity index (χ4v) is 2.13. The highest BCUT2D eigenvalue weighted by Crippen LogP contribution is 2.07. The molecule has 0 unspecified atom stereocenters. The van der Waals surface area contributed by atoms with Crippen LogP contribution in [-0.4, -0.2) is 35.2 Å². The van der Waals surface area contributed by atoms with Crippen molar-refractivity contribution < 1.29 is 9.52 Å². The Bertz CT molecular complexity index is 326. The number of nitrogens with one attached hydrogen (secondary N) is 1. The Morgan fingerprint density at radius 2 is 1.78 bits per heavy atom. The van der Waals surface area contributed by atoms with Gasteiger partial charge in [0, 0.05) is 25.2 Å². The van der Waals surface area contributed by atoms with Gasteiger partial charge in [0.05, 0.1) is 6.54 Å². The molecule has 104 valence electrons. The number of nitrogens with zero attached hydrogens (tertiary/aromatic N) is 1. The van der Waals surface area contributed by atoms with Gasteiger partial charge in [-0.15, -0.1) is 0 Å². The van der Waals surface area contributed by atoms with Crippen LogP contribution in [0.5, 0.6) is 0 Å². The van der Waals surface area contributed by atoms with Crippen LogP contribution in [0.2, 0.25) is 0 Å². The lowest BCUT2D eigenvalue weighted by Crippen LogP contribution is -2.41. The fraction of sp³-hybridized carbons (Fsp3) is 0.714. The molecule has 1 aromatic rings. The van der Waals surface area contributed by atoms with Gasteiger partial charge in [-0.2, -0.15) is 0 Å². The second-order valence-corrected chi connectivity index (χ2v) is 5.13. The van der Waals surface area contributed by atoms with Gasteiger partial charge in [0.25, 0.3) is 0 Å². The van der Waals surface area contributed by atoms with Gasteiger partial charge in [-0.3, -0.25) is 4.90 Å². The summed E-state index contributed by atoms with van der Waals surface area (Å²) in [7, 11) is 0. The molecule has 0 fully saturated rings. The maximum atomic E-state index is 8.90. The Balaban J connectivity index is 2.25. The van der Waals surface area contributed by atoms with Crippen molar-refractivity contribution in [1.29, 1.82) is 0 Å². The van der Waals surface area contributed by atoms with E-state index in [1.54, 1.807) is 0 Å². The number of rotatable bonds is 8. The van der Waals surface area contributed by atoms with Crippen molar-refractivity contribution in [1.82, 2.24) is 10.2 Å². The van der Waals surface area contributed by atoms with E-state index in [2.05, 4.69) is 37.9 Å². The van der Waals surface area contributed by atoms with Gasteiger partial charge in [-0.25, -0.2) is 0 Å². The number of furan rings is 1. The predicted molar refractivity (Wildman–Crippen MR) is 73.3 cm³/mol. The Morgan fingerprint density at radius 1 is 1.17 bits per heavy atom. The second-order valence-electron chi connectivity index (χ2n) is 5.13. The number of hydrogen-bond donors (Lipinski definition) is 2. The summed E-state index contributed by atoms with van der Waals surface area (Å²) in [5.41, 5.74) is 0. The molecule has 4 nitrogen and oxygen atoms in total. The molecular formula is C14H26N2O2. The van der Waals surface area contributed by atoms with E-state index in [4.69, 9.17) is 9.52 Å². The average Bonchev–Trinajstić information content (AvgIpc) is 2.75. The minimum Gasteiger partial charge on any atom is -0.462 e. The SMILES string of the molecule is CC(C)N(CCNCc1ccc(CO)o1)C(C)C. The Kier molecular flexibility index (Phi) is 6.39. The van der Waals surface area contributed by atoms with E-state index < -0.39 is 0 Å². The van der Waals surface area contributed by atoms with Gasteiger partial charge in [0.15, 0.2) is 0 Å². The molecule has 4 heteroatoms. The zero-order valence-electron chi connectivity index (χ0n) is 11.9. The van der Waals surface area contributed by atoms with Crippen molar-refractivity contribution in [3.63, 3.8) is 0 Å². The summed E-state index contributed by atoms with van der Waals surface area (Å²) in [5, 5.41) is 12.3. The van der Waals surface area contributed by atoms with Gasteiger partial charge in [0.1, 0.15) is 18.1 Å². The van der Waals surface area contributed by atoms with Crippen LogP contribution < -0.4 is 5.32 Å². The Labute approximate surface area is 110 Å². The molecule has 1 aromatic heterocycles. The molecule has 0 aliphatic heterocycles. The molecule has 0 saturated heterocycles. The van der Waals surface area contributed by atoms with E-state index in [0.717, 1.165) is 18.8 Å². The van der Waals surface area contributed by atoms with Gasteiger partial charge in [-0.05, 0) is 39.8 Å². The third-order valence-electron chi connectivity index (χ3n) is 3.05. The summed E-state index contributed by atoms with van der Waals surface area (Å²) in [6.07, 6.45) is 0. The lowest BCUT2D eigenvalue weighted by atomic mass is 10.2. The fourth-order valence-electron chi connectivity index (χ4n) is 2.13. The molecule has 1 rings (SSSR count). The van der Waals surface area contributed by atoms with Crippen LogP contribution in [0, 0.1) is 0 Å². The quantitative estimate of drug-likeness (QED) is 0.696. The first-order chi connectivity index (χ1) is 8.54. The van der Waals surface area contributed by atoms with E-state index in [1.807, 2.05) is 12.1 Å². The highest BCUT2D eigenvalue weighted by molar-refractivity contribution is 5.05. The van der Waals surface area contributed by atoms with Gasteiger partial charge in [-0.1, -0.05) is 0 Å². The minimum atomic E-state index is -0.0333. The maximum Gasteiger partial charge on any atom is 0.129 e. The van der Waals surface area contributed by atoms with Crippen LogP contribution >= 0.6 is 0 Å². The molecule has 0 aliphatic carbocycles. The molecule has 2 N–H and O–H groups in total. The lowest BCUT2D eigenvalue weighted by Gasteiger charge is -2.30. The van der Waals surface area contributed by atoms with Crippen molar-refractivity contribution in [2.75, 3.05) is 13.1 Å². The topological polar surface area (TPSA) is 48.6 Å². The van der Waals surface area contributed by atoms with Crippen LogP contribution in [-0.2, 0) is 13.2 Å². The lowest BCUT2D eigenvalue weighted by molar-refractivity contribution is 0.175. The van der Waals surface area contributed by atoms with Crippen LogP contribution in [0.25, 0.3) is 0 Å². The third-order valence-corrected chi connectivity index (χ3v) is 3.05. The summed E-state index contributed by atoms with van der Waals surface area (Å²) < 4.78 is 5.41. The Morgan fingerprint density at radius 3 is 2.28 bits per heavy atom. The van der Waals surface area contributed by atoms with Gasteiger partial charge >= 0.3 is 0 Å². The summed E-state index contributed by atoms with van der Waals surface area (Å²) in [6, 6.07) is 4.85. The summed E-state index contributed by atoms with van der Waals surface area (Å²) in [5.74, 6) is 1.50. The first-order valence-electron chi connectivity index (χ1n) is 6.69. The number of hydrogen-bond acceptors (Lipinski definition) is 4. The molecule has 0 radical (unpaired) electrons. The molecule has 0 spiro atoms. The highest BCUT2D eigenvalue weighted by Gasteiger charge is 2.12. The van der Waals surface area contributed by atoms with Crippen molar-refractivity contribution in [3.05, 3.63) is 23.7 Å². The molecule has 0 bridgehead atoms. The molecular weight excluding hydrogens is 228 g/mol. The number of aliphatic hydroxyl groups excluding tert-OH is 1.